The number of nitrogens with two attached hydrogens (primary N) is 1. The Labute approximate surface area is 137 Å². The molecule has 1 amide bonds. The molecule has 0 unspecified atom stereocenters. The lowest BCUT2D eigenvalue weighted by molar-refractivity contribution is -0.122. The summed E-state index contributed by atoms with van der Waals surface area (Å²) in [6, 6.07) is -0.394. The Morgan fingerprint density at radius 2 is 1.95 bits per heavy atom. The van der Waals surface area contributed by atoms with Gasteiger partial charge >= 0.3 is 0 Å². The number of aryl methyl sites for hydroxylation is 2. The van der Waals surface area contributed by atoms with Crippen LogP contribution in [0.2, 0.25) is 0 Å². The Bertz CT molecular complexity index is 410. The van der Waals surface area contributed by atoms with E-state index >= 15 is 0 Å². The maximum Gasteiger partial charge on any atom is 0.236 e. The van der Waals surface area contributed by atoms with E-state index in [0.717, 1.165) is 23.5 Å². The number of aromatic nitrogens is 1. The molecule has 1 rings (SSSR count). The Hall–Kier alpha value is -0.360. The predicted molar refractivity (Wildman–Crippen MR) is 90.2 cm³/mol. The molecule has 1 aromatic heterocycles. The molecule has 0 saturated heterocycles. The summed E-state index contributed by atoms with van der Waals surface area (Å²) >= 11 is 1.69. The van der Waals surface area contributed by atoms with E-state index < -0.39 is 6.04 Å². The van der Waals surface area contributed by atoms with Gasteiger partial charge in [0.25, 0.3) is 0 Å². The molecule has 7 heteroatoms. The zero-order valence-electron chi connectivity index (χ0n) is 12.4. The Morgan fingerprint density at radius 3 is 2.40 bits per heavy atom. The van der Waals surface area contributed by atoms with Crippen LogP contribution in [0.5, 0.6) is 0 Å². The van der Waals surface area contributed by atoms with Crippen molar-refractivity contribution in [2.75, 3.05) is 6.54 Å². The average molecular weight is 342 g/mol. The minimum Gasteiger partial charge on any atom is -0.354 e. The van der Waals surface area contributed by atoms with E-state index in [4.69, 9.17) is 5.73 Å². The van der Waals surface area contributed by atoms with Gasteiger partial charge in [-0.15, -0.1) is 36.2 Å². The van der Waals surface area contributed by atoms with Crippen LogP contribution in [0, 0.1) is 19.8 Å². The van der Waals surface area contributed by atoms with Gasteiger partial charge in [0.15, 0.2) is 0 Å². The van der Waals surface area contributed by atoms with Crippen molar-refractivity contribution in [1.29, 1.82) is 0 Å². The average Bonchev–Trinajstić information content (AvgIpc) is 2.56. The fraction of sp³-hybridized carbons (Fsp3) is 0.692. The Kier molecular flexibility index (Phi) is 11.4. The molecule has 0 spiro atoms. The molecule has 0 aliphatic rings. The van der Waals surface area contributed by atoms with Gasteiger partial charge in [0.05, 0.1) is 16.7 Å². The summed E-state index contributed by atoms with van der Waals surface area (Å²) in [4.78, 5) is 17.3. The molecule has 0 saturated carbocycles. The molecule has 1 aromatic rings. The summed E-state index contributed by atoms with van der Waals surface area (Å²) in [7, 11) is 0. The summed E-state index contributed by atoms with van der Waals surface area (Å²) in [5.74, 6) is 0.389. The number of nitrogens with one attached hydrogen (secondary N) is 1. The van der Waals surface area contributed by atoms with Gasteiger partial charge in [-0.25, -0.2) is 4.98 Å². The van der Waals surface area contributed by atoms with Crippen LogP contribution < -0.4 is 11.1 Å². The molecule has 4 nitrogen and oxygen atoms in total. The van der Waals surface area contributed by atoms with Crippen molar-refractivity contribution >= 4 is 42.1 Å². The van der Waals surface area contributed by atoms with Gasteiger partial charge in [0.1, 0.15) is 0 Å². The van der Waals surface area contributed by atoms with Gasteiger partial charge in [0, 0.05) is 17.8 Å². The van der Waals surface area contributed by atoms with Gasteiger partial charge in [-0.1, -0.05) is 13.8 Å². The third-order valence-electron chi connectivity index (χ3n) is 2.71. The highest BCUT2D eigenvalue weighted by Crippen LogP contribution is 2.17. The second kappa shape index (κ2) is 10.4. The van der Waals surface area contributed by atoms with Gasteiger partial charge in [0.2, 0.25) is 5.91 Å². The molecule has 3 N–H and O–H groups in total. The Morgan fingerprint density at radius 1 is 1.35 bits per heavy atom. The minimum atomic E-state index is -0.394. The summed E-state index contributed by atoms with van der Waals surface area (Å²) in [6.07, 6.45) is 1.56. The number of carbonyl (C=O) groups is 1. The van der Waals surface area contributed by atoms with E-state index in [9.17, 15) is 4.79 Å². The van der Waals surface area contributed by atoms with Crippen LogP contribution in [-0.2, 0) is 11.2 Å². The fourth-order valence-electron chi connectivity index (χ4n) is 1.85. The minimum absolute atomic E-state index is 0. The van der Waals surface area contributed by atoms with E-state index in [1.807, 2.05) is 13.8 Å². The highest BCUT2D eigenvalue weighted by Gasteiger charge is 2.14. The summed E-state index contributed by atoms with van der Waals surface area (Å²) in [6.45, 7) is 8.77. The molecule has 0 aliphatic heterocycles. The van der Waals surface area contributed by atoms with Gasteiger partial charge in [-0.05, 0) is 26.2 Å². The van der Waals surface area contributed by atoms with Crippen LogP contribution in [0.1, 0.15) is 35.8 Å². The third-order valence-corrected chi connectivity index (χ3v) is 3.85. The van der Waals surface area contributed by atoms with Crippen LogP contribution in [0.15, 0.2) is 0 Å². The number of hydrogen-bond donors (Lipinski definition) is 2. The number of halogens is 2. The molecule has 1 atom stereocenters. The van der Waals surface area contributed by atoms with E-state index in [-0.39, 0.29) is 30.7 Å². The molecule has 0 radical (unpaired) electrons. The molecule has 20 heavy (non-hydrogen) atoms. The van der Waals surface area contributed by atoms with Gasteiger partial charge in [-0.2, -0.15) is 0 Å². The van der Waals surface area contributed by atoms with Crippen LogP contribution >= 0.6 is 36.2 Å². The SMILES string of the molecule is Cc1nc(C)c(CCNC(=O)[C@@H](N)CC(C)C)s1.Cl.Cl. The number of thiazole rings is 1. The molecule has 0 bridgehead atoms. The maximum absolute atomic E-state index is 11.7. The van der Waals surface area contributed by atoms with Crippen molar-refractivity contribution in [2.45, 2.75) is 46.6 Å². The first kappa shape index (κ1) is 21.9. The first-order valence-corrected chi connectivity index (χ1v) is 7.18. The summed E-state index contributed by atoms with van der Waals surface area (Å²) in [5, 5.41) is 3.96. The molecule has 0 aliphatic carbocycles. The van der Waals surface area contributed by atoms with E-state index in [2.05, 4.69) is 24.1 Å². The highest BCUT2D eigenvalue weighted by atomic mass is 35.5. The van der Waals surface area contributed by atoms with Crippen LogP contribution in [-0.4, -0.2) is 23.5 Å². The number of rotatable bonds is 6. The number of carbonyl (C=O) groups excluding carboxylic acids is 1. The summed E-state index contributed by atoms with van der Waals surface area (Å²) in [5.41, 5.74) is 6.88. The molecule has 1 heterocycles. The molecule has 0 fully saturated rings. The Balaban J connectivity index is 0. The normalized spacial score (nSPS) is 11.5. The topological polar surface area (TPSA) is 68.0 Å². The second-order valence-electron chi connectivity index (χ2n) is 5.02. The van der Waals surface area contributed by atoms with E-state index in [1.54, 1.807) is 11.3 Å². The lowest BCUT2D eigenvalue weighted by Crippen LogP contribution is -2.42. The summed E-state index contributed by atoms with van der Waals surface area (Å²) < 4.78 is 0. The van der Waals surface area contributed by atoms with Crippen LogP contribution in [0.25, 0.3) is 0 Å². The predicted octanol–water partition coefficient (Wildman–Crippen LogP) is 2.64. The molecule has 0 aromatic carbocycles. The van der Waals surface area contributed by atoms with Crippen LogP contribution in [0.4, 0.5) is 0 Å². The monoisotopic (exact) mass is 341 g/mol. The molecular weight excluding hydrogens is 317 g/mol. The van der Waals surface area contributed by atoms with Crippen molar-refractivity contribution in [2.24, 2.45) is 11.7 Å². The smallest absolute Gasteiger partial charge is 0.236 e. The number of amides is 1. The van der Waals surface area contributed by atoms with Gasteiger partial charge in [-0.3, -0.25) is 4.79 Å². The van der Waals surface area contributed by atoms with E-state index in [1.165, 1.54) is 4.88 Å². The lowest BCUT2D eigenvalue weighted by Gasteiger charge is -2.13. The van der Waals surface area contributed by atoms with Gasteiger partial charge < -0.3 is 11.1 Å². The lowest BCUT2D eigenvalue weighted by atomic mass is 10.0. The largest absolute Gasteiger partial charge is 0.354 e. The zero-order valence-corrected chi connectivity index (χ0v) is 14.9. The van der Waals surface area contributed by atoms with Crippen molar-refractivity contribution < 1.29 is 4.79 Å². The maximum atomic E-state index is 11.7. The van der Waals surface area contributed by atoms with Crippen LogP contribution in [0.3, 0.4) is 0 Å². The van der Waals surface area contributed by atoms with Crippen molar-refractivity contribution in [3.05, 3.63) is 15.6 Å². The first-order chi connectivity index (χ1) is 8.40. The zero-order chi connectivity index (χ0) is 13.7. The molecule has 118 valence electrons. The quantitative estimate of drug-likeness (QED) is 0.835. The first-order valence-electron chi connectivity index (χ1n) is 6.36. The van der Waals surface area contributed by atoms with Crippen molar-refractivity contribution in [1.82, 2.24) is 10.3 Å². The number of hydrogen-bond acceptors (Lipinski definition) is 4. The highest BCUT2D eigenvalue weighted by molar-refractivity contribution is 7.11. The van der Waals surface area contributed by atoms with Crippen molar-refractivity contribution in [3.63, 3.8) is 0 Å². The van der Waals surface area contributed by atoms with E-state index in [0.29, 0.717) is 12.5 Å². The number of nitrogens with zero attached hydrogens (tertiary/aromatic N) is 1. The second-order valence-corrected chi connectivity index (χ2v) is 6.31. The third kappa shape index (κ3) is 7.43. The standard InChI is InChI=1S/C13H23N3OS.2ClH/c1-8(2)7-11(14)13(17)15-6-5-12-9(3)16-10(4)18-12;;/h8,11H,5-7,14H2,1-4H3,(H,15,17);2*1H/t11-;;/m0../s1. The van der Waals surface area contributed by atoms with Crippen molar-refractivity contribution in [3.8, 4) is 0 Å². The molecular formula is C13H25Cl2N3OS. The fourth-order valence-corrected chi connectivity index (χ4v) is 2.79.